The van der Waals surface area contributed by atoms with Gasteiger partial charge in [-0.1, -0.05) is 13.3 Å². The van der Waals surface area contributed by atoms with E-state index in [2.05, 4.69) is 22.4 Å². The van der Waals surface area contributed by atoms with Crippen LogP contribution in [0.15, 0.2) is 12.3 Å². The van der Waals surface area contributed by atoms with Crippen molar-refractivity contribution in [3.05, 3.63) is 17.8 Å². The summed E-state index contributed by atoms with van der Waals surface area (Å²) in [6.45, 7) is 5.21. The second-order valence-corrected chi connectivity index (χ2v) is 3.79. The average molecular weight is 209 g/mol. The maximum absolute atomic E-state index is 8.85. The Morgan fingerprint density at radius 1 is 1.53 bits per heavy atom. The first-order chi connectivity index (χ1) is 7.26. The van der Waals surface area contributed by atoms with Crippen LogP contribution in [-0.2, 0) is 0 Å². The van der Waals surface area contributed by atoms with E-state index in [1.54, 1.807) is 6.20 Å². The summed E-state index contributed by atoms with van der Waals surface area (Å²) >= 11 is 0. The zero-order chi connectivity index (χ0) is 11.1. The molecule has 0 aliphatic carbocycles. The van der Waals surface area contributed by atoms with Crippen molar-refractivity contribution in [3.8, 4) is 0 Å². The van der Waals surface area contributed by atoms with E-state index in [-0.39, 0.29) is 6.61 Å². The SMILES string of the molecule is CCC(CCO)CNc1cc(C)cnn1. The number of aliphatic hydroxyl groups is 1. The third-order valence-corrected chi connectivity index (χ3v) is 2.48. The van der Waals surface area contributed by atoms with E-state index < -0.39 is 0 Å². The van der Waals surface area contributed by atoms with Crippen molar-refractivity contribution < 1.29 is 5.11 Å². The molecule has 4 heteroatoms. The number of hydrogen-bond acceptors (Lipinski definition) is 4. The van der Waals surface area contributed by atoms with Crippen LogP contribution in [0.5, 0.6) is 0 Å². The van der Waals surface area contributed by atoms with Crippen molar-refractivity contribution in [1.82, 2.24) is 10.2 Å². The number of anilines is 1. The average Bonchev–Trinajstić information content (AvgIpc) is 2.24. The molecule has 0 fully saturated rings. The van der Waals surface area contributed by atoms with Gasteiger partial charge in [-0.05, 0) is 30.9 Å². The lowest BCUT2D eigenvalue weighted by molar-refractivity contribution is 0.258. The number of rotatable bonds is 6. The van der Waals surface area contributed by atoms with Gasteiger partial charge in [0, 0.05) is 13.2 Å². The molecule has 1 heterocycles. The summed E-state index contributed by atoms with van der Waals surface area (Å²) in [4.78, 5) is 0. The third kappa shape index (κ3) is 4.25. The second kappa shape index (κ2) is 6.35. The van der Waals surface area contributed by atoms with Crippen molar-refractivity contribution in [3.63, 3.8) is 0 Å². The van der Waals surface area contributed by atoms with Gasteiger partial charge in [0.2, 0.25) is 0 Å². The molecular formula is C11H19N3O. The Kier molecular flexibility index (Phi) is 5.04. The quantitative estimate of drug-likeness (QED) is 0.747. The Labute approximate surface area is 90.7 Å². The molecule has 0 amide bonds. The number of nitrogens with zero attached hydrogens (tertiary/aromatic N) is 2. The minimum absolute atomic E-state index is 0.250. The number of aryl methyl sites for hydroxylation is 1. The summed E-state index contributed by atoms with van der Waals surface area (Å²) in [5.41, 5.74) is 1.10. The lowest BCUT2D eigenvalue weighted by Gasteiger charge is -2.14. The molecule has 0 spiro atoms. The third-order valence-electron chi connectivity index (χ3n) is 2.48. The lowest BCUT2D eigenvalue weighted by atomic mass is 10.0. The van der Waals surface area contributed by atoms with Gasteiger partial charge in [-0.3, -0.25) is 0 Å². The van der Waals surface area contributed by atoms with Crippen LogP contribution in [0.3, 0.4) is 0 Å². The summed E-state index contributed by atoms with van der Waals surface area (Å²) in [6, 6.07) is 1.97. The molecule has 2 N–H and O–H groups in total. The highest BCUT2D eigenvalue weighted by Gasteiger charge is 2.05. The molecule has 0 aromatic carbocycles. The van der Waals surface area contributed by atoms with Crippen LogP contribution < -0.4 is 5.32 Å². The molecule has 0 saturated carbocycles. The predicted octanol–water partition coefficient (Wildman–Crippen LogP) is 1.61. The monoisotopic (exact) mass is 209 g/mol. The van der Waals surface area contributed by atoms with Crippen molar-refractivity contribution in [1.29, 1.82) is 0 Å². The zero-order valence-corrected chi connectivity index (χ0v) is 9.40. The summed E-state index contributed by atoms with van der Waals surface area (Å²) in [7, 11) is 0. The van der Waals surface area contributed by atoms with Crippen LogP contribution in [0.2, 0.25) is 0 Å². The Bertz CT molecular complexity index is 291. The van der Waals surface area contributed by atoms with Crippen LogP contribution in [0.4, 0.5) is 5.82 Å². The molecule has 0 radical (unpaired) electrons. The minimum Gasteiger partial charge on any atom is -0.396 e. The van der Waals surface area contributed by atoms with Crippen molar-refractivity contribution >= 4 is 5.82 Å². The second-order valence-electron chi connectivity index (χ2n) is 3.79. The normalized spacial score (nSPS) is 12.5. The molecule has 0 saturated heterocycles. The molecule has 4 nitrogen and oxygen atoms in total. The fourth-order valence-electron chi connectivity index (χ4n) is 1.43. The standard InChI is InChI=1S/C11H19N3O/c1-3-10(4-5-15)8-12-11-6-9(2)7-13-14-11/h6-7,10,15H,3-5,8H2,1-2H3,(H,12,14). The van der Waals surface area contributed by atoms with Crippen molar-refractivity contribution in [2.75, 3.05) is 18.5 Å². The van der Waals surface area contributed by atoms with E-state index in [0.29, 0.717) is 5.92 Å². The van der Waals surface area contributed by atoms with E-state index >= 15 is 0 Å². The predicted molar refractivity (Wildman–Crippen MR) is 60.7 cm³/mol. The molecule has 0 aliphatic rings. The van der Waals surface area contributed by atoms with Crippen LogP contribution in [0.25, 0.3) is 0 Å². The maximum Gasteiger partial charge on any atom is 0.148 e. The van der Waals surface area contributed by atoms with Crippen LogP contribution in [-0.4, -0.2) is 28.5 Å². The van der Waals surface area contributed by atoms with Gasteiger partial charge in [0.15, 0.2) is 0 Å². The smallest absolute Gasteiger partial charge is 0.148 e. The van der Waals surface area contributed by atoms with Crippen LogP contribution in [0.1, 0.15) is 25.3 Å². The van der Waals surface area contributed by atoms with Gasteiger partial charge in [-0.25, -0.2) is 0 Å². The Hall–Kier alpha value is -1.16. The van der Waals surface area contributed by atoms with Gasteiger partial charge < -0.3 is 10.4 Å². The Balaban J connectivity index is 2.41. The van der Waals surface area contributed by atoms with E-state index in [9.17, 15) is 0 Å². The largest absolute Gasteiger partial charge is 0.396 e. The van der Waals surface area contributed by atoms with Crippen LogP contribution in [0, 0.1) is 12.8 Å². The molecule has 1 rings (SSSR count). The molecule has 1 unspecified atom stereocenters. The summed E-state index contributed by atoms with van der Waals surface area (Å²) in [6.07, 6.45) is 3.63. The fourth-order valence-corrected chi connectivity index (χ4v) is 1.43. The Morgan fingerprint density at radius 2 is 2.33 bits per heavy atom. The first kappa shape index (κ1) is 11.9. The molecule has 1 aromatic rings. The van der Waals surface area contributed by atoms with E-state index in [1.165, 1.54) is 0 Å². The summed E-state index contributed by atoms with van der Waals surface area (Å²) < 4.78 is 0. The maximum atomic E-state index is 8.85. The van der Waals surface area contributed by atoms with Gasteiger partial charge in [0.1, 0.15) is 5.82 Å². The molecule has 1 aromatic heterocycles. The highest BCUT2D eigenvalue weighted by Crippen LogP contribution is 2.10. The number of aliphatic hydroxyl groups excluding tert-OH is 1. The summed E-state index contributed by atoms with van der Waals surface area (Å²) in [5.74, 6) is 1.31. The zero-order valence-electron chi connectivity index (χ0n) is 9.40. The van der Waals surface area contributed by atoms with Gasteiger partial charge in [0.25, 0.3) is 0 Å². The van der Waals surface area contributed by atoms with Crippen molar-refractivity contribution in [2.45, 2.75) is 26.7 Å². The van der Waals surface area contributed by atoms with Crippen molar-refractivity contribution in [2.24, 2.45) is 5.92 Å². The first-order valence-electron chi connectivity index (χ1n) is 5.40. The first-order valence-corrected chi connectivity index (χ1v) is 5.40. The highest BCUT2D eigenvalue weighted by molar-refractivity contribution is 5.34. The number of nitrogens with one attached hydrogen (secondary N) is 1. The molecule has 0 aliphatic heterocycles. The topological polar surface area (TPSA) is 58.0 Å². The molecule has 0 bridgehead atoms. The number of hydrogen-bond donors (Lipinski definition) is 2. The molecule has 15 heavy (non-hydrogen) atoms. The lowest BCUT2D eigenvalue weighted by Crippen LogP contribution is -2.15. The molecule has 84 valence electrons. The van der Waals surface area contributed by atoms with Gasteiger partial charge >= 0.3 is 0 Å². The highest BCUT2D eigenvalue weighted by atomic mass is 16.3. The van der Waals surface area contributed by atoms with Gasteiger partial charge in [-0.15, -0.1) is 5.10 Å². The van der Waals surface area contributed by atoms with Crippen LogP contribution >= 0.6 is 0 Å². The molecule has 1 atom stereocenters. The molecular weight excluding hydrogens is 190 g/mol. The minimum atomic E-state index is 0.250. The van der Waals surface area contributed by atoms with E-state index in [0.717, 1.165) is 30.8 Å². The van der Waals surface area contributed by atoms with Gasteiger partial charge in [0.05, 0.1) is 6.20 Å². The van der Waals surface area contributed by atoms with Gasteiger partial charge in [-0.2, -0.15) is 5.10 Å². The Morgan fingerprint density at radius 3 is 2.93 bits per heavy atom. The number of aromatic nitrogens is 2. The fraction of sp³-hybridized carbons (Fsp3) is 0.636. The van der Waals surface area contributed by atoms with E-state index in [4.69, 9.17) is 5.11 Å². The van der Waals surface area contributed by atoms with E-state index in [1.807, 2.05) is 13.0 Å². The summed E-state index contributed by atoms with van der Waals surface area (Å²) in [5, 5.41) is 19.9.